The van der Waals surface area contributed by atoms with E-state index in [-0.39, 0.29) is 17.6 Å². The highest BCUT2D eigenvalue weighted by Gasteiger charge is 2.20. The number of halogens is 1. The average molecular weight is 213 g/mol. The van der Waals surface area contributed by atoms with Crippen molar-refractivity contribution in [3.8, 4) is 0 Å². The van der Waals surface area contributed by atoms with Crippen molar-refractivity contribution in [2.24, 2.45) is 0 Å². The van der Waals surface area contributed by atoms with Gasteiger partial charge < -0.3 is 5.11 Å². The molecule has 1 unspecified atom stereocenters. The van der Waals surface area contributed by atoms with Crippen molar-refractivity contribution in [3.05, 3.63) is 41.4 Å². The fraction of sp³-hybridized carbons (Fsp3) is 0.111. The fourth-order valence-electron chi connectivity index (χ4n) is 1.24. The molecule has 1 aliphatic rings. The number of hydrogen-bond donors (Lipinski definition) is 1. The van der Waals surface area contributed by atoms with Crippen molar-refractivity contribution in [2.45, 2.75) is 0 Å². The Morgan fingerprint density at radius 2 is 2.00 bits per heavy atom. The van der Waals surface area contributed by atoms with Crippen LogP contribution in [0.3, 0.4) is 0 Å². The third kappa shape index (κ3) is 1.63. The zero-order valence-electron chi connectivity index (χ0n) is 7.18. The van der Waals surface area contributed by atoms with Gasteiger partial charge in [-0.25, -0.2) is 4.39 Å². The second-order valence-electron chi connectivity index (χ2n) is 2.89. The molecule has 0 aromatic heterocycles. The second kappa shape index (κ2) is 3.42. The van der Waals surface area contributed by atoms with Gasteiger partial charge in [0.1, 0.15) is 11.7 Å². The van der Waals surface area contributed by atoms with Crippen LogP contribution in [-0.4, -0.2) is 15.2 Å². The van der Waals surface area contributed by atoms with Gasteiger partial charge in [0.05, 0.1) is 16.2 Å². The van der Waals surface area contributed by atoms with Gasteiger partial charge in [-0.2, -0.15) is 0 Å². The predicted molar refractivity (Wildman–Crippen MR) is 52.6 cm³/mol. The number of aliphatic hydroxyl groups excluding tert-OH is 1. The molecule has 1 N–H and O–H groups in total. The van der Waals surface area contributed by atoms with Gasteiger partial charge in [-0.05, 0) is 24.3 Å². The van der Waals surface area contributed by atoms with Crippen LogP contribution in [0.15, 0.2) is 35.6 Å². The first-order chi connectivity index (χ1) is 6.66. The molecule has 0 aliphatic carbocycles. The summed E-state index contributed by atoms with van der Waals surface area (Å²) in [5.41, 5.74) is 0.631. The molecule has 0 amide bonds. The minimum absolute atomic E-state index is 0.0464. The van der Waals surface area contributed by atoms with Gasteiger partial charge in [-0.15, -0.1) is 0 Å². The highest BCUT2D eigenvalue weighted by molar-refractivity contribution is 7.88. The molecule has 0 saturated carbocycles. The van der Waals surface area contributed by atoms with Crippen molar-refractivity contribution in [3.63, 3.8) is 0 Å². The van der Waals surface area contributed by atoms with Gasteiger partial charge in [0.15, 0.2) is 0 Å². The van der Waals surface area contributed by atoms with E-state index in [1.807, 2.05) is 0 Å². The molecular weight excluding hydrogens is 205 g/mol. The lowest BCUT2D eigenvalue weighted by molar-refractivity contribution is 0.400. The predicted octanol–water partition coefficient (Wildman–Crippen LogP) is 1.71. The maximum absolute atomic E-state index is 12.6. The summed E-state index contributed by atoms with van der Waals surface area (Å²) in [4.78, 5) is 1.47. The minimum atomic E-state index is -1.17. The van der Waals surface area contributed by atoms with E-state index in [4.69, 9.17) is 0 Å². The molecule has 1 heterocycles. The van der Waals surface area contributed by atoms with E-state index >= 15 is 0 Å². The zero-order valence-corrected chi connectivity index (χ0v) is 8.00. The SMILES string of the molecule is O=S1C=C(O)N(c2ccc(F)cc2)C1. The van der Waals surface area contributed by atoms with Crippen molar-refractivity contribution < 1.29 is 13.7 Å². The van der Waals surface area contributed by atoms with Crippen LogP contribution in [0.1, 0.15) is 0 Å². The highest BCUT2D eigenvalue weighted by atomic mass is 32.2. The van der Waals surface area contributed by atoms with Crippen molar-refractivity contribution in [1.82, 2.24) is 0 Å². The minimum Gasteiger partial charge on any atom is -0.494 e. The van der Waals surface area contributed by atoms with E-state index in [0.717, 1.165) is 0 Å². The summed E-state index contributed by atoms with van der Waals surface area (Å²) in [5.74, 6) is -0.162. The smallest absolute Gasteiger partial charge is 0.201 e. The Balaban J connectivity index is 2.29. The Hall–Kier alpha value is -1.36. The van der Waals surface area contributed by atoms with Gasteiger partial charge in [-0.3, -0.25) is 9.11 Å². The first kappa shape index (κ1) is 9.21. The van der Waals surface area contributed by atoms with Gasteiger partial charge in [0.2, 0.25) is 5.88 Å². The lowest BCUT2D eigenvalue weighted by Crippen LogP contribution is -2.19. The summed E-state index contributed by atoms with van der Waals surface area (Å²) in [5, 5.41) is 10.6. The number of nitrogens with zero attached hydrogens (tertiary/aromatic N) is 1. The Morgan fingerprint density at radius 1 is 1.36 bits per heavy atom. The number of rotatable bonds is 1. The molecule has 1 aromatic rings. The van der Waals surface area contributed by atoms with E-state index in [1.54, 1.807) is 0 Å². The molecule has 0 spiro atoms. The van der Waals surface area contributed by atoms with E-state index in [0.29, 0.717) is 5.69 Å². The molecule has 1 aromatic carbocycles. The van der Waals surface area contributed by atoms with Crippen LogP contribution in [0.5, 0.6) is 0 Å². The molecule has 3 nitrogen and oxygen atoms in total. The van der Waals surface area contributed by atoms with Crippen molar-refractivity contribution >= 4 is 16.5 Å². The second-order valence-corrected chi connectivity index (χ2v) is 4.15. The lowest BCUT2D eigenvalue weighted by atomic mass is 10.3. The number of hydrogen-bond acceptors (Lipinski definition) is 3. The average Bonchev–Trinajstić information content (AvgIpc) is 2.47. The van der Waals surface area contributed by atoms with Crippen LogP contribution < -0.4 is 4.90 Å². The van der Waals surface area contributed by atoms with Gasteiger partial charge in [-0.1, -0.05) is 0 Å². The van der Waals surface area contributed by atoms with Crippen LogP contribution in [0.25, 0.3) is 0 Å². The zero-order chi connectivity index (χ0) is 10.1. The van der Waals surface area contributed by atoms with Crippen LogP contribution in [0, 0.1) is 5.82 Å². The van der Waals surface area contributed by atoms with E-state index in [9.17, 15) is 13.7 Å². The van der Waals surface area contributed by atoms with E-state index in [2.05, 4.69) is 0 Å². The monoisotopic (exact) mass is 213 g/mol. The topological polar surface area (TPSA) is 40.5 Å². The Morgan fingerprint density at radius 3 is 2.50 bits per heavy atom. The molecule has 1 atom stereocenters. The molecule has 2 rings (SSSR count). The Labute approximate surface area is 82.9 Å². The van der Waals surface area contributed by atoms with Crippen LogP contribution >= 0.6 is 0 Å². The fourth-order valence-corrected chi connectivity index (χ4v) is 2.21. The van der Waals surface area contributed by atoms with Crippen molar-refractivity contribution in [2.75, 3.05) is 10.8 Å². The molecule has 74 valence electrons. The summed E-state index contributed by atoms with van der Waals surface area (Å²) in [7, 11) is -1.17. The van der Waals surface area contributed by atoms with E-state index in [1.165, 1.54) is 34.6 Å². The number of anilines is 1. The van der Waals surface area contributed by atoms with E-state index < -0.39 is 10.8 Å². The van der Waals surface area contributed by atoms with Crippen LogP contribution in [0.4, 0.5) is 10.1 Å². The molecule has 5 heteroatoms. The van der Waals surface area contributed by atoms with Gasteiger partial charge in [0, 0.05) is 5.69 Å². The largest absolute Gasteiger partial charge is 0.494 e. The molecule has 0 saturated heterocycles. The van der Waals surface area contributed by atoms with Gasteiger partial charge in [0.25, 0.3) is 0 Å². The maximum atomic E-state index is 12.6. The first-order valence-corrected chi connectivity index (χ1v) is 5.36. The summed E-state index contributed by atoms with van der Waals surface area (Å²) < 4.78 is 23.7. The molecule has 0 fully saturated rings. The Kier molecular flexibility index (Phi) is 2.25. The first-order valence-electron chi connectivity index (χ1n) is 3.98. The number of aliphatic hydroxyl groups is 1. The summed E-state index contributed by atoms with van der Waals surface area (Å²) in [6.07, 6.45) is 0. The highest BCUT2D eigenvalue weighted by Crippen LogP contribution is 2.22. The van der Waals surface area contributed by atoms with Crippen molar-refractivity contribution in [1.29, 1.82) is 0 Å². The Bertz CT molecular complexity index is 402. The summed E-state index contributed by atoms with van der Waals surface area (Å²) in [6, 6.07) is 5.65. The summed E-state index contributed by atoms with van der Waals surface area (Å²) >= 11 is 0. The molecule has 14 heavy (non-hydrogen) atoms. The van der Waals surface area contributed by atoms with Crippen LogP contribution in [-0.2, 0) is 10.8 Å². The molecule has 1 aliphatic heterocycles. The van der Waals surface area contributed by atoms with Gasteiger partial charge >= 0.3 is 0 Å². The lowest BCUT2D eigenvalue weighted by Gasteiger charge is -2.16. The van der Waals surface area contributed by atoms with Crippen LogP contribution in [0.2, 0.25) is 0 Å². The molecule has 0 bridgehead atoms. The maximum Gasteiger partial charge on any atom is 0.201 e. The quantitative estimate of drug-likeness (QED) is 0.772. The molecule has 0 radical (unpaired) electrons. The normalized spacial score (nSPS) is 21.1. The number of benzene rings is 1. The summed E-state index contributed by atoms with van der Waals surface area (Å²) in [6.45, 7) is 0. The molecular formula is C9H8FNO2S. The third-order valence-corrected chi connectivity index (χ3v) is 2.89. The third-order valence-electron chi connectivity index (χ3n) is 1.91. The standard InChI is InChI=1S/C9H8FNO2S/c10-7-1-3-8(4-2-7)11-6-14(13)5-9(11)12/h1-5,12H,6H2.